The van der Waals surface area contributed by atoms with Crippen molar-refractivity contribution in [3.05, 3.63) is 64.2 Å². The van der Waals surface area contributed by atoms with Gasteiger partial charge in [-0.25, -0.2) is 0 Å². The molecule has 0 atom stereocenters. The van der Waals surface area contributed by atoms with Crippen molar-refractivity contribution in [3.8, 4) is 5.75 Å². The molecular weight excluding hydrogens is 346 g/mol. The molecule has 0 saturated carbocycles. The maximum atomic E-state index is 13.0. The Morgan fingerprint density at radius 1 is 1.19 bits per heavy atom. The van der Waals surface area contributed by atoms with Crippen LogP contribution in [0.15, 0.2) is 48.5 Å². The number of amides is 1. The lowest BCUT2D eigenvalue weighted by Crippen LogP contribution is -2.32. The minimum Gasteiger partial charge on any atom is -0.492 e. The standard InChI is InChI=1S/C20H23N3O4/c1-21(13-14-27-17-7-3-2-4-8-17)20(24)18-15-16(23(25)26)9-10-19(18)22-11-5-6-12-22/h2-4,7-10,15H,5-6,11-14H2,1H3. The van der Waals surface area contributed by atoms with Crippen LogP contribution in [-0.2, 0) is 0 Å². The summed E-state index contributed by atoms with van der Waals surface area (Å²) in [6, 6.07) is 13.9. The molecule has 1 aliphatic heterocycles. The zero-order chi connectivity index (χ0) is 19.2. The van der Waals surface area contributed by atoms with Crippen molar-refractivity contribution in [2.24, 2.45) is 0 Å². The first-order valence-corrected chi connectivity index (χ1v) is 9.03. The summed E-state index contributed by atoms with van der Waals surface area (Å²) < 4.78 is 5.64. The Bertz CT molecular complexity index is 804. The number of hydrogen-bond acceptors (Lipinski definition) is 5. The number of carbonyl (C=O) groups is 1. The number of benzene rings is 2. The number of likely N-dealkylation sites (N-methyl/N-ethyl adjacent to an activating group) is 1. The van der Waals surface area contributed by atoms with Gasteiger partial charge in [0.25, 0.3) is 11.6 Å². The van der Waals surface area contributed by atoms with Crippen molar-refractivity contribution >= 4 is 17.3 Å². The lowest BCUT2D eigenvalue weighted by atomic mass is 10.1. The number of non-ortho nitro benzene ring substituents is 1. The fraction of sp³-hybridized carbons (Fsp3) is 0.350. The first kappa shape index (κ1) is 18.7. The summed E-state index contributed by atoms with van der Waals surface area (Å²) in [5, 5.41) is 11.2. The van der Waals surface area contributed by atoms with Crippen LogP contribution in [0.3, 0.4) is 0 Å². The molecule has 1 amide bonds. The van der Waals surface area contributed by atoms with E-state index in [0.29, 0.717) is 18.7 Å². The molecule has 1 saturated heterocycles. The van der Waals surface area contributed by atoms with E-state index in [9.17, 15) is 14.9 Å². The number of nitro groups is 1. The average molecular weight is 369 g/mol. The van der Waals surface area contributed by atoms with Gasteiger partial charge in [0, 0.05) is 32.3 Å². The van der Waals surface area contributed by atoms with Gasteiger partial charge in [-0.15, -0.1) is 0 Å². The highest BCUT2D eigenvalue weighted by Crippen LogP contribution is 2.29. The Kier molecular flexibility index (Phi) is 5.90. The third-order valence-corrected chi connectivity index (χ3v) is 4.65. The lowest BCUT2D eigenvalue weighted by molar-refractivity contribution is -0.384. The zero-order valence-corrected chi connectivity index (χ0v) is 15.3. The molecule has 0 bridgehead atoms. The van der Waals surface area contributed by atoms with Crippen LogP contribution in [0.5, 0.6) is 5.75 Å². The monoisotopic (exact) mass is 369 g/mol. The van der Waals surface area contributed by atoms with Crippen LogP contribution in [0, 0.1) is 10.1 Å². The first-order valence-electron chi connectivity index (χ1n) is 9.03. The molecule has 0 radical (unpaired) electrons. The summed E-state index contributed by atoms with van der Waals surface area (Å²) in [5.41, 5.74) is 1.06. The average Bonchev–Trinajstić information content (AvgIpc) is 3.22. The molecule has 3 rings (SSSR count). The van der Waals surface area contributed by atoms with Gasteiger partial charge in [-0.05, 0) is 31.0 Å². The third kappa shape index (κ3) is 4.55. The number of ether oxygens (including phenoxy) is 1. The Balaban J connectivity index is 1.73. The van der Waals surface area contributed by atoms with E-state index in [4.69, 9.17) is 4.74 Å². The molecule has 7 nitrogen and oxygen atoms in total. The second-order valence-electron chi connectivity index (χ2n) is 6.54. The molecule has 1 aliphatic rings. The summed E-state index contributed by atoms with van der Waals surface area (Å²) in [6.45, 7) is 2.45. The fourth-order valence-corrected chi connectivity index (χ4v) is 3.17. The maximum absolute atomic E-state index is 13.0. The number of nitro benzene ring substituents is 1. The molecule has 2 aromatic rings. The van der Waals surface area contributed by atoms with E-state index in [1.165, 1.54) is 12.1 Å². The minimum atomic E-state index is -0.469. The minimum absolute atomic E-state index is 0.0739. The highest BCUT2D eigenvalue weighted by atomic mass is 16.6. The molecule has 7 heteroatoms. The van der Waals surface area contributed by atoms with Crippen molar-refractivity contribution in [1.29, 1.82) is 0 Å². The molecule has 0 aromatic heterocycles. The molecule has 0 spiro atoms. The van der Waals surface area contributed by atoms with Crippen LogP contribution < -0.4 is 9.64 Å². The largest absolute Gasteiger partial charge is 0.492 e. The van der Waals surface area contributed by atoms with E-state index in [-0.39, 0.29) is 11.6 Å². The van der Waals surface area contributed by atoms with E-state index >= 15 is 0 Å². The van der Waals surface area contributed by atoms with Gasteiger partial charge in [0.05, 0.1) is 22.7 Å². The van der Waals surface area contributed by atoms with Crippen LogP contribution in [0.1, 0.15) is 23.2 Å². The van der Waals surface area contributed by atoms with E-state index < -0.39 is 4.92 Å². The molecule has 0 unspecified atom stereocenters. The van der Waals surface area contributed by atoms with E-state index in [2.05, 4.69) is 4.90 Å². The molecule has 0 aliphatic carbocycles. The summed E-state index contributed by atoms with van der Waals surface area (Å²) in [4.78, 5) is 27.3. The Morgan fingerprint density at radius 3 is 2.56 bits per heavy atom. The molecule has 142 valence electrons. The van der Waals surface area contributed by atoms with Crippen LogP contribution >= 0.6 is 0 Å². The van der Waals surface area contributed by atoms with Gasteiger partial charge in [0.15, 0.2) is 0 Å². The van der Waals surface area contributed by atoms with Crippen molar-refractivity contribution in [1.82, 2.24) is 4.90 Å². The van der Waals surface area contributed by atoms with E-state index in [1.807, 2.05) is 30.3 Å². The van der Waals surface area contributed by atoms with Crippen molar-refractivity contribution in [3.63, 3.8) is 0 Å². The molecule has 27 heavy (non-hydrogen) atoms. The molecule has 1 heterocycles. The van der Waals surface area contributed by atoms with Crippen LogP contribution in [0.25, 0.3) is 0 Å². The third-order valence-electron chi connectivity index (χ3n) is 4.65. The molecule has 1 fully saturated rings. The highest BCUT2D eigenvalue weighted by Gasteiger charge is 2.24. The molecular formula is C20H23N3O4. The van der Waals surface area contributed by atoms with Crippen LogP contribution in [-0.4, -0.2) is 49.0 Å². The second kappa shape index (κ2) is 8.53. The van der Waals surface area contributed by atoms with Crippen LogP contribution in [0.2, 0.25) is 0 Å². The summed E-state index contributed by atoms with van der Waals surface area (Å²) in [6.07, 6.45) is 2.12. The fourth-order valence-electron chi connectivity index (χ4n) is 3.17. The van der Waals surface area contributed by atoms with Gasteiger partial charge >= 0.3 is 0 Å². The van der Waals surface area contributed by atoms with Gasteiger partial charge in [-0.2, -0.15) is 0 Å². The second-order valence-corrected chi connectivity index (χ2v) is 6.54. The molecule has 0 N–H and O–H groups in total. The van der Waals surface area contributed by atoms with E-state index in [0.717, 1.165) is 37.4 Å². The van der Waals surface area contributed by atoms with Crippen molar-refractivity contribution in [2.75, 3.05) is 38.2 Å². The van der Waals surface area contributed by atoms with Crippen molar-refractivity contribution < 1.29 is 14.5 Å². The van der Waals surface area contributed by atoms with Gasteiger partial charge in [0.2, 0.25) is 0 Å². The lowest BCUT2D eigenvalue weighted by Gasteiger charge is -2.24. The SMILES string of the molecule is CN(CCOc1ccccc1)C(=O)c1cc([N+](=O)[O-])ccc1N1CCCC1. The number of carbonyl (C=O) groups excluding carboxylic acids is 1. The summed E-state index contributed by atoms with van der Waals surface area (Å²) in [7, 11) is 1.68. The topological polar surface area (TPSA) is 75.9 Å². The van der Waals surface area contributed by atoms with Gasteiger partial charge in [-0.3, -0.25) is 14.9 Å². The number of rotatable bonds is 7. The van der Waals surface area contributed by atoms with Crippen molar-refractivity contribution in [2.45, 2.75) is 12.8 Å². The highest BCUT2D eigenvalue weighted by molar-refractivity contribution is 6.00. The number of nitrogens with zero attached hydrogens (tertiary/aromatic N) is 3. The van der Waals surface area contributed by atoms with Crippen LogP contribution in [0.4, 0.5) is 11.4 Å². The summed E-state index contributed by atoms with van der Waals surface area (Å²) in [5.74, 6) is 0.503. The van der Waals surface area contributed by atoms with Gasteiger partial charge in [-0.1, -0.05) is 18.2 Å². The van der Waals surface area contributed by atoms with Gasteiger partial charge in [0.1, 0.15) is 12.4 Å². The van der Waals surface area contributed by atoms with Gasteiger partial charge < -0.3 is 14.5 Å². The first-order chi connectivity index (χ1) is 13.1. The number of para-hydroxylation sites is 1. The zero-order valence-electron chi connectivity index (χ0n) is 15.3. The quantitative estimate of drug-likeness (QED) is 0.553. The Hall–Kier alpha value is -3.09. The number of anilines is 1. The number of hydrogen-bond donors (Lipinski definition) is 0. The Labute approximate surface area is 158 Å². The maximum Gasteiger partial charge on any atom is 0.270 e. The predicted octanol–water partition coefficient (Wildman–Crippen LogP) is 3.35. The Morgan fingerprint density at radius 2 is 1.89 bits per heavy atom. The smallest absolute Gasteiger partial charge is 0.270 e. The van der Waals surface area contributed by atoms with E-state index in [1.54, 1.807) is 18.0 Å². The summed E-state index contributed by atoms with van der Waals surface area (Å²) >= 11 is 0. The predicted molar refractivity (Wildman–Crippen MR) is 103 cm³/mol. The molecule has 2 aromatic carbocycles. The normalized spacial score (nSPS) is 13.4.